The highest BCUT2D eigenvalue weighted by atomic mass is 16.5. The third kappa shape index (κ3) is 3.95. The summed E-state index contributed by atoms with van der Waals surface area (Å²) in [6, 6.07) is 8.18. The molecule has 1 saturated heterocycles. The Morgan fingerprint density at radius 2 is 2.06 bits per heavy atom. The van der Waals surface area contributed by atoms with Crippen molar-refractivity contribution in [2.24, 2.45) is 5.73 Å². The van der Waals surface area contributed by atoms with Crippen LogP contribution >= 0.6 is 0 Å². The van der Waals surface area contributed by atoms with Gasteiger partial charge in [0.25, 0.3) is 5.91 Å². The third-order valence-corrected chi connectivity index (χ3v) is 6.55. The molecule has 0 radical (unpaired) electrons. The number of ether oxygens (including phenoxy) is 1. The summed E-state index contributed by atoms with van der Waals surface area (Å²) in [6.07, 6.45) is 4.50. The molecule has 1 aromatic carbocycles. The van der Waals surface area contributed by atoms with Gasteiger partial charge in [0, 0.05) is 19.6 Å². The van der Waals surface area contributed by atoms with Crippen molar-refractivity contribution in [2.45, 2.75) is 50.3 Å². The number of aryl methyl sites for hydroxylation is 1. The Morgan fingerprint density at radius 3 is 2.74 bits per heavy atom. The number of carbonyl (C=O) groups excluding carboxylic acids is 2. The van der Waals surface area contributed by atoms with Crippen molar-refractivity contribution in [1.82, 2.24) is 14.7 Å². The van der Waals surface area contributed by atoms with Crippen molar-refractivity contribution in [3.8, 4) is 0 Å². The molecular formula is C23H29N5O3. The fourth-order valence-electron chi connectivity index (χ4n) is 4.91. The SMILES string of the molecule is C=CC(=O)N1C[C@@H](OC)C[C@H]1Cn1nc(C2CCc3ccccc3C2)c(C(N)=O)c1N. The zero-order valence-corrected chi connectivity index (χ0v) is 17.8. The van der Waals surface area contributed by atoms with Crippen LogP contribution in [0.1, 0.15) is 45.9 Å². The second-order valence-electron chi connectivity index (χ2n) is 8.34. The van der Waals surface area contributed by atoms with E-state index in [-0.39, 0.29) is 29.8 Å². The first-order valence-electron chi connectivity index (χ1n) is 10.6. The highest BCUT2D eigenvalue weighted by Crippen LogP contribution is 2.35. The molecule has 1 unspecified atom stereocenters. The smallest absolute Gasteiger partial charge is 0.254 e. The number of nitrogens with two attached hydrogens (primary N) is 2. The number of rotatable bonds is 6. The quantitative estimate of drug-likeness (QED) is 0.685. The number of anilines is 1. The van der Waals surface area contributed by atoms with Crippen molar-refractivity contribution in [3.63, 3.8) is 0 Å². The molecule has 0 bridgehead atoms. The van der Waals surface area contributed by atoms with Crippen LogP contribution in [-0.2, 0) is 28.9 Å². The van der Waals surface area contributed by atoms with Crippen LogP contribution in [0.25, 0.3) is 0 Å². The lowest BCUT2D eigenvalue weighted by Gasteiger charge is -2.24. The number of primary amides is 1. The Labute approximate surface area is 181 Å². The van der Waals surface area contributed by atoms with E-state index in [1.807, 2.05) is 12.1 Å². The monoisotopic (exact) mass is 423 g/mol. The predicted octanol–water partition coefficient (Wildman–Crippen LogP) is 1.64. The van der Waals surface area contributed by atoms with Gasteiger partial charge in [0.2, 0.25) is 5.91 Å². The number of amides is 2. The maximum Gasteiger partial charge on any atom is 0.254 e. The van der Waals surface area contributed by atoms with Gasteiger partial charge < -0.3 is 21.1 Å². The number of carbonyl (C=O) groups is 2. The Bertz CT molecular complexity index is 1010. The first-order valence-corrected chi connectivity index (χ1v) is 10.6. The summed E-state index contributed by atoms with van der Waals surface area (Å²) < 4.78 is 7.09. The maximum atomic E-state index is 12.3. The molecule has 1 aliphatic carbocycles. The molecule has 1 aromatic heterocycles. The minimum atomic E-state index is -0.571. The van der Waals surface area contributed by atoms with E-state index < -0.39 is 5.91 Å². The number of likely N-dealkylation sites (tertiary alicyclic amines) is 1. The summed E-state index contributed by atoms with van der Waals surface area (Å²) in [5.74, 6) is -0.400. The van der Waals surface area contributed by atoms with E-state index in [4.69, 9.17) is 21.3 Å². The molecule has 1 aliphatic heterocycles. The van der Waals surface area contributed by atoms with Gasteiger partial charge in [0.15, 0.2) is 0 Å². The maximum absolute atomic E-state index is 12.3. The van der Waals surface area contributed by atoms with Crippen LogP contribution in [0.5, 0.6) is 0 Å². The lowest BCUT2D eigenvalue weighted by molar-refractivity contribution is -0.127. The molecule has 2 aromatic rings. The van der Waals surface area contributed by atoms with Crippen molar-refractivity contribution in [1.29, 1.82) is 0 Å². The Kier molecular flexibility index (Phi) is 5.82. The second-order valence-corrected chi connectivity index (χ2v) is 8.34. The number of nitrogens with zero attached hydrogens (tertiary/aromatic N) is 3. The highest BCUT2D eigenvalue weighted by Gasteiger charge is 2.36. The van der Waals surface area contributed by atoms with Crippen LogP contribution < -0.4 is 11.5 Å². The molecule has 2 heterocycles. The Hall–Kier alpha value is -3.13. The van der Waals surface area contributed by atoms with E-state index in [1.54, 1.807) is 16.7 Å². The van der Waals surface area contributed by atoms with E-state index in [0.717, 1.165) is 19.3 Å². The number of nitrogen functional groups attached to an aromatic ring is 1. The molecule has 1 fully saturated rings. The number of hydrogen-bond acceptors (Lipinski definition) is 5. The molecule has 0 spiro atoms. The fourth-order valence-corrected chi connectivity index (χ4v) is 4.91. The van der Waals surface area contributed by atoms with Gasteiger partial charge in [-0.05, 0) is 42.9 Å². The highest BCUT2D eigenvalue weighted by molar-refractivity contribution is 5.98. The van der Waals surface area contributed by atoms with Crippen LogP contribution in [-0.4, -0.2) is 52.3 Å². The summed E-state index contributed by atoms with van der Waals surface area (Å²) in [4.78, 5) is 26.3. The number of methoxy groups -OCH3 is 1. The number of fused-ring (bicyclic) bond motifs is 1. The summed E-state index contributed by atoms with van der Waals surface area (Å²) in [7, 11) is 1.64. The summed E-state index contributed by atoms with van der Waals surface area (Å²) in [6.45, 7) is 4.45. The largest absolute Gasteiger partial charge is 0.383 e. The van der Waals surface area contributed by atoms with Gasteiger partial charge in [-0.3, -0.25) is 9.59 Å². The molecule has 0 saturated carbocycles. The summed E-state index contributed by atoms with van der Waals surface area (Å²) in [5.41, 5.74) is 15.6. The van der Waals surface area contributed by atoms with E-state index in [0.29, 0.717) is 30.8 Å². The molecule has 31 heavy (non-hydrogen) atoms. The van der Waals surface area contributed by atoms with Crippen LogP contribution in [0.15, 0.2) is 36.9 Å². The zero-order valence-electron chi connectivity index (χ0n) is 17.8. The predicted molar refractivity (Wildman–Crippen MR) is 117 cm³/mol. The number of hydrogen-bond donors (Lipinski definition) is 2. The van der Waals surface area contributed by atoms with Crippen molar-refractivity contribution < 1.29 is 14.3 Å². The molecule has 8 nitrogen and oxygen atoms in total. The Balaban J connectivity index is 1.63. The minimum Gasteiger partial charge on any atom is -0.383 e. The van der Waals surface area contributed by atoms with Crippen LogP contribution in [0.4, 0.5) is 5.82 Å². The van der Waals surface area contributed by atoms with Crippen molar-refractivity contribution in [3.05, 3.63) is 59.3 Å². The summed E-state index contributed by atoms with van der Waals surface area (Å²) in [5, 5.41) is 4.75. The lowest BCUT2D eigenvalue weighted by Crippen LogP contribution is -2.37. The molecule has 4 rings (SSSR count). The minimum absolute atomic E-state index is 0.0596. The average Bonchev–Trinajstić information content (AvgIpc) is 3.34. The normalized spacial score (nSPS) is 22.9. The number of benzene rings is 1. The molecule has 2 amide bonds. The van der Waals surface area contributed by atoms with Gasteiger partial charge in [-0.1, -0.05) is 30.8 Å². The van der Waals surface area contributed by atoms with Crippen LogP contribution in [0, 0.1) is 0 Å². The lowest BCUT2D eigenvalue weighted by atomic mass is 9.81. The molecule has 2 aliphatic rings. The van der Waals surface area contributed by atoms with Gasteiger partial charge in [-0.2, -0.15) is 5.10 Å². The van der Waals surface area contributed by atoms with Crippen LogP contribution in [0.3, 0.4) is 0 Å². The fraction of sp³-hybridized carbons (Fsp3) is 0.435. The molecule has 3 atom stereocenters. The Morgan fingerprint density at radius 1 is 1.32 bits per heavy atom. The van der Waals surface area contributed by atoms with Gasteiger partial charge >= 0.3 is 0 Å². The van der Waals surface area contributed by atoms with Crippen LogP contribution in [0.2, 0.25) is 0 Å². The first kappa shape index (κ1) is 21.1. The van der Waals surface area contributed by atoms with Gasteiger partial charge in [0.05, 0.1) is 24.4 Å². The third-order valence-electron chi connectivity index (χ3n) is 6.55. The van der Waals surface area contributed by atoms with E-state index >= 15 is 0 Å². The number of aromatic nitrogens is 2. The first-order chi connectivity index (χ1) is 14.9. The van der Waals surface area contributed by atoms with Gasteiger partial charge in [-0.15, -0.1) is 0 Å². The van der Waals surface area contributed by atoms with Gasteiger partial charge in [0.1, 0.15) is 11.4 Å². The summed E-state index contributed by atoms with van der Waals surface area (Å²) >= 11 is 0. The average molecular weight is 424 g/mol. The zero-order chi connectivity index (χ0) is 22.1. The van der Waals surface area contributed by atoms with Crippen molar-refractivity contribution in [2.75, 3.05) is 19.4 Å². The standard InChI is InChI=1S/C23H29N5O3/c1-3-19(29)27-13-18(31-2)11-17(27)12-28-22(24)20(23(25)30)21(26-28)16-9-8-14-6-4-5-7-15(14)10-16/h3-7,16-18H,1,8-13,24H2,2H3,(H2,25,30)/t16?,17-,18-/m0/s1. The molecule has 164 valence electrons. The molecular weight excluding hydrogens is 394 g/mol. The topological polar surface area (TPSA) is 116 Å². The molecule has 4 N–H and O–H groups in total. The van der Waals surface area contributed by atoms with E-state index in [1.165, 1.54) is 17.2 Å². The van der Waals surface area contributed by atoms with Crippen molar-refractivity contribution >= 4 is 17.6 Å². The van der Waals surface area contributed by atoms with E-state index in [2.05, 4.69) is 18.7 Å². The second kappa shape index (κ2) is 8.55. The van der Waals surface area contributed by atoms with E-state index in [9.17, 15) is 9.59 Å². The van der Waals surface area contributed by atoms with Gasteiger partial charge in [-0.25, -0.2) is 4.68 Å². The molecule has 8 heteroatoms.